The number of piperidine rings is 1. The molecule has 0 aromatic heterocycles. The molecule has 0 spiro atoms. The summed E-state index contributed by atoms with van der Waals surface area (Å²) in [6.07, 6.45) is 6.06. The molecule has 0 bridgehead atoms. The normalized spacial score (nSPS) is 30.9. The first-order valence-corrected chi connectivity index (χ1v) is 8.33. The number of nitrogens with zero attached hydrogens (tertiary/aromatic N) is 2. The minimum Gasteiger partial charge on any atom is -0.341 e. The van der Waals surface area contributed by atoms with Crippen molar-refractivity contribution >= 4 is 5.91 Å². The van der Waals surface area contributed by atoms with Crippen LogP contribution in [0.3, 0.4) is 0 Å². The summed E-state index contributed by atoms with van der Waals surface area (Å²) in [5.74, 6) is 0.968. The van der Waals surface area contributed by atoms with Crippen LogP contribution in [0.2, 0.25) is 0 Å². The molecule has 0 aromatic rings. The van der Waals surface area contributed by atoms with Gasteiger partial charge in [0, 0.05) is 32.2 Å². The number of hydrogen-bond donors (Lipinski definition) is 1. The van der Waals surface area contributed by atoms with E-state index in [1.54, 1.807) is 0 Å². The van der Waals surface area contributed by atoms with Crippen LogP contribution in [-0.2, 0) is 4.79 Å². The van der Waals surface area contributed by atoms with Gasteiger partial charge < -0.3 is 10.2 Å². The van der Waals surface area contributed by atoms with Gasteiger partial charge in [-0.1, -0.05) is 19.8 Å². The van der Waals surface area contributed by atoms with Crippen molar-refractivity contribution in [2.75, 3.05) is 33.2 Å². The SMILES string of the molecule is CNC1CCN(C(C)C(=O)N2CCCCCC2)CC1C. The van der Waals surface area contributed by atoms with Crippen LogP contribution in [0.25, 0.3) is 0 Å². The second-order valence-corrected chi connectivity index (χ2v) is 6.57. The molecule has 0 aromatic carbocycles. The maximum atomic E-state index is 12.7. The van der Waals surface area contributed by atoms with E-state index in [1.165, 1.54) is 25.7 Å². The molecule has 20 heavy (non-hydrogen) atoms. The average Bonchev–Trinajstić information content (AvgIpc) is 2.74. The predicted molar refractivity (Wildman–Crippen MR) is 82.7 cm³/mol. The Balaban J connectivity index is 1.89. The molecule has 3 atom stereocenters. The number of amides is 1. The van der Waals surface area contributed by atoms with Crippen LogP contribution in [0, 0.1) is 5.92 Å². The standard InChI is InChI=1S/C16H31N3O/c1-13-12-19(11-8-15(13)17-3)14(2)16(20)18-9-6-4-5-7-10-18/h13-15,17H,4-12H2,1-3H3. The molecule has 4 nitrogen and oxygen atoms in total. The Hall–Kier alpha value is -0.610. The molecule has 2 aliphatic rings. The first-order valence-electron chi connectivity index (χ1n) is 8.33. The highest BCUT2D eigenvalue weighted by atomic mass is 16.2. The second kappa shape index (κ2) is 7.41. The Morgan fingerprint density at radius 3 is 2.35 bits per heavy atom. The van der Waals surface area contributed by atoms with Crippen molar-refractivity contribution in [3.8, 4) is 0 Å². The second-order valence-electron chi connectivity index (χ2n) is 6.57. The lowest BCUT2D eigenvalue weighted by Gasteiger charge is -2.40. The molecule has 0 radical (unpaired) electrons. The lowest BCUT2D eigenvalue weighted by Crippen LogP contribution is -2.54. The molecule has 2 heterocycles. The summed E-state index contributed by atoms with van der Waals surface area (Å²) in [4.78, 5) is 17.2. The highest BCUT2D eigenvalue weighted by Gasteiger charge is 2.32. The summed E-state index contributed by atoms with van der Waals surface area (Å²) in [5.41, 5.74) is 0. The third-order valence-electron chi connectivity index (χ3n) is 5.13. The molecule has 0 saturated carbocycles. The molecule has 0 aliphatic carbocycles. The van der Waals surface area contributed by atoms with Crippen LogP contribution in [0.5, 0.6) is 0 Å². The number of hydrogen-bond acceptors (Lipinski definition) is 3. The molecule has 1 amide bonds. The van der Waals surface area contributed by atoms with Crippen molar-refractivity contribution < 1.29 is 4.79 Å². The summed E-state index contributed by atoms with van der Waals surface area (Å²) >= 11 is 0. The largest absolute Gasteiger partial charge is 0.341 e. The summed E-state index contributed by atoms with van der Waals surface area (Å²) in [6.45, 7) is 8.39. The Bertz CT molecular complexity index is 313. The zero-order chi connectivity index (χ0) is 14.5. The van der Waals surface area contributed by atoms with Crippen LogP contribution >= 0.6 is 0 Å². The van der Waals surface area contributed by atoms with Crippen LogP contribution in [-0.4, -0.2) is 61.0 Å². The molecule has 3 unspecified atom stereocenters. The Labute approximate surface area is 123 Å². The third-order valence-corrected chi connectivity index (χ3v) is 5.13. The van der Waals surface area contributed by atoms with Gasteiger partial charge in [0.15, 0.2) is 0 Å². The smallest absolute Gasteiger partial charge is 0.239 e. The lowest BCUT2D eigenvalue weighted by molar-refractivity contribution is -0.137. The predicted octanol–water partition coefficient (Wildman–Crippen LogP) is 1.71. The Morgan fingerprint density at radius 1 is 1.15 bits per heavy atom. The van der Waals surface area contributed by atoms with E-state index in [-0.39, 0.29) is 6.04 Å². The quantitative estimate of drug-likeness (QED) is 0.855. The minimum atomic E-state index is 0.0494. The van der Waals surface area contributed by atoms with E-state index in [9.17, 15) is 4.79 Å². The van der Waals surface area contributed by atoms with Crippen molar-refractivity contribution in [3.05, 3.63) is 0 Å². The number of likely N-dealkylation sites (tertiary alicyclic amines) is 2. The first kappa shape index (κ1) is 15.8. The van der Waals surface area contributed by atoms with Crippen molar-refractivity contribution in [1.29, 1.82) is 0 Å². The summed E-state index contributed by atoms with van der Waals surface area (Å²) in [5, 5.41) is 3.39. The highest BCUT2D eigenvalue weighted by molar-refractivity contribution is 5.81. The van der Waals surface area contributed by atoms with Crippen LogP contribution in [0.1, 0.15) is 46.0 Å². The van der Waals surface area contributed by atoms with E-state index in [2.05, 4.69) is 29.0 Å². The van der Waals surface area contributed by atoms with Crippen LogP contribution in [0.15, 0.2) is 0 Å². The fourth-order valence-corrected chi connectivity index (χ4v) is 3.67. The molecule has 2 rings (SSSR count). The zero-order valence-corrected chi connectivity index (χ0v) is 13.4. The van der Waals surface area contributed by atoms with Gasteiger partial charge in [0.1, 0.15) is 0 Å². The number of carbonyl (C=O) groups is 1. The summed E-state index contributed by atoms with van der Waals surface area (Å²) in [7, 11) is 2.04. The van der Waals surface area contributed by atoms with Gasteiger partial charge in [-0.3, -0.25) is 9.69 Å². The fourth-order valence-electron chi connectivity index (χ4n) is 3.67. The van der Waals surface area contributed by atoms with Gasteiger partial charge in [0.05, 0.1) is 6.04 Å². The van der Waals surface area contributed by atoms with Crippen molar-refractivity contribution in [2.45, 2.75) is 58.0 Å². The molecule has 116 valence electrons. The maximum Gasteiger partial charge on any atom is 0.239 e. The van der Waals surface area contributed by atoms with E-state index in [1.807, 2.05) is 7.05 Å². The van der Waals surface area contributed by atoms with E-state index in [4.69, 9.17) is 0 Å². The average molecular weight is 281 g/mol. The third kappa shape index (κ3) is 3.73. The maximum absolute atomic E-state index is 12.7. The van der Waals surface area contributed by atoms with Crippen molar-refractivity contribution in [3.63, 3.8) is 0 Å². The molecule has 1 N–H and O–H groups in total. The minimum absolute atomic E-state index is 0.0494. The Morgan fingerprint density at radius 2 is 1.80 bits per heavy atom. The topological polar surface area (TPSA) is 35.6 Å². The van der Waals surface area contributed by atoms with Crippen molar-refractivity contribution in [1.82, 2.24) is 15.1 Å². The molecule has 2 aliphatic heterocycles. The van der Waals surface area contributed by atoms with Gasteiger partial charge in [-0.25, -0.2) is 0 Å². The van der Waals surface area contributed by atoms with E-state index in [0.717, 1.165) is 32.6 Å². The number of carbonyl (C=O) groups excluding carboxylic acids is 1. The molecular weight excluding hydrogens is 250 g/mol. The highest BCUT2D eigenvalue weighted by Crippen LogP contribution is 2.20. The van der Waals surface area contributed by atoms with Gasteiger partial charge in [-0.05, 0) is 39.2 Å². The monoisotopic (exact) mass is 281 g/mol. The van der Waals surface area contributed by atoms with E-state index >= 15 is 0 Å². The van der Waals surface area contributed by atoms with Crippen molar-refractivity contribution in [2.24, 2.45) is 5.92 Å². The van der Waals surface area contributed by atoms with Crippen LogP contribution < -0.4 is 5.32 Å². The van der Waals surface area contributed by atoms with E-state index < -0.39 is 0 Å². The number of rotatable bonds is 3. The number of nitrogens with one attached hydrogen (secondary N) is 1. The summed E-state index contributed by atoms with van der Waals surface area (Å²) in [6, 6.07) is 0.653. The van der Waals surface area contributed by atoms with E-state index in [0.29, 0.717) is 17.9 Å². The van der Waals surface area contributed by atoms with Crippen LogP contribution in [0.4, 0.5) is 0 Å². The van der Waals surface area contributed by atoms with Gasteiger partial charge >= 0.3 is 0 Å². The lowest BCUT2D eigenvalue weighted by atomic mass is 9.93. The summed E-state index contributed by atoms with van der Waals surface area (Å²) < 4.78 is 0. The molecule has 2 fully saturated rings. The molecule has 4 heteroatoms. The first-order chi connectivity index (χ1) is 9.63. The van der Waals surface area contributed by atoms with Gasteiger partial charge in [0.2, 0.25) is 5.91 Å². The fraction of sp³-hybridized carbons (Fsp3) is 0.938. The Kier molecular flexibility index (Phi) is 5.85. The van der Waals surface area contributed by atoms with Gasteiger partial charge in [-0.15, -0.1) is 0 Å². The molecule has 2 saturated heterocycles. The molecular formula is C16H31N3O. The van der Waals surface area contributed by atoms with Gasteiger partial charge in [0.25, 0.3) is 0 Å². The zero-order valence-electron chi connectivity index (χ0n) is 13.4. The van der Waals surface area contributed by atoms with Gasteiger partial charge in [-0.2, -0.15) is 0 Å².